The Morgan fingerprint density at radius 1 is 0.292 bits per heavy atom. The zero-order chi connectivity index (χ0) is 81.2. The summed E-state index contributed by atoms with van der Waals surface area (Å²) in [5.41, 5.74) is 10.0. The summed E-state index contributed by atoms with van der Waals surface area (Å²) < 4.78 is 6.81. The summed E-state index contributed by atoms with van der Waals surface area (Å²) in [4.78, 5) is 45.1. The number of imidazole rings is 1. The molecule has 580 valence electrons. The number of rotatable bonds is 3. The van der Waals surface area contributed by atoms with Gasteiger partial charge in [-0.1, -0.05) is 319 Å². The van der Waals surface area contributed by atoms with Crippen molar-refractivity contribution in [3.8, 4) is 0 Å². The average Bonchev–Trinajstić information content (AvgIpc) is 1.60. The Hall–Kier alpha value is -9.20. The number of aromatic nitrogens is 11. The zero-order valence-electron chi connectivity index (χ0n) is 71.7. The third-order valence-corrected chi connectivity index (χ3v) is 12.6. The van der Waals surface area contributed by atoms with Gasteiger partial charge in [0.25, 0.3) is 0 Å². The number of nitrogens with one attached hydrogen (secondary N) is 1. The smallest absolute Gasteiger partial charge is 0.198 e. The Kier molecular flexibility index (Phi) is 65.9. The number of para-hydroxylation sites is 9. The first-order chi connectivity index (χ1) is 51.1. The molecule has 0 unspecified atom stereocenters. The van der Waals surface area contributed by atoms with E-state index in [4.69, 9.17) is 4.42 Å². The van der Waals surface area contributed by atoms with Crippen LogP contribution in [0.2, 0.25) is 0 Å². The topological polar surface area (TPSA) is 158 Å². The predicted molar refractivity (Wildman–Crippen MR) is 474 cm³/mol. The minimum atomic E-state index is 0.359. The zero-order valence-corrected chi connectivity index (χ0v) is 72.5. The molecular formula is C93H141N11OS. The fourth-order valence-corrected chi connectivity index (χ4v) is 8.25. The minimum Gasteiger partial charge on any atom is -0.440 e. The molecule has 1 N–H and O–H groups in total. The number of hydrogen-bond donors (Lipinski definition) is 1. The Balaban J connectivity index is -0.000000540. The van der Waals surface area contributed by atoms with E-state index in [-0.39, 0.29) is 0 Å². The van der Waals surface area contributed by atoms with Crippen molar-refractivity contribution in [2.45, 2.75) is 239 Å². The Morgan fingerprint density at radius 2 is 0.679 bits per heavy atom. The number of benzene rings is 6. The van der Waals surface area contributed by atoms with Crippen molar-refractivity contribution in [2.75, 3.05) is 0 Å². The van der Waals surface area contributed by atoms with Crippen LogP contribution >= 0.6 is 11.3 Å². The summed E-state index contributed by atoms with van der Waals surface area (Å²) in [5.74, 6) is 6.59. The van der Waals surface area contributed by atoms with Crippen molar-refractivity contribution in [3.05, 3.63) is 242 Å². The van der Waals surface area contributed by atoms with Crippen LogP contribution in [-0.4, -0.2) is 54.8 Å². The lowest BCUT2D eigenvalue weighted by Gasteiger charge is -1.95. The van der Waals surface area contributed by atoms with E-state index in [9.17, 15) is 0 Å². The molecule has 0 aliphatic heterocycles. The summed E-state index contributed by atoms with van der Waals surface area (Å²) in [6.45, 7) is 66.8. The third-order valence-electron chi connectivity index (χ3n) is 11.3. The number of pyridine rings is 3. The Bertz CT molecular complexity index is 3360. The van der Waals surface area contributed by atoms with Gasteiger partial charge in [0.2, 0.25) is 0 Å². The van der Waals surface area contributed by atoms with Crippen LogP contribution in [0.1, 0.15) is 256 Å². The molecule has 13 heteroatoms. The molecule has 8 heterocycles. The van der Waals surface area contributed by atoms with Crippen LogP contribution < -0.4 is 0 Å². The molecule has 0 amide bonds. The molecule has 106 heavy (non-hydrogen) atoms. The van der Waals surface area contributed by atoms with Gasteiger partial charge in [-0.15, -0.1) is 11.3 Å². The quantitative estimate of drug-likeness (QED) is 0.179. The number of nitrogens with zero attached hydrogens (tertiary/aromatic N) is 10. The van der Waals surface area contributed by atoms with E-state index in [1.807, 2.05) is 255 Å². The van der Waals surface area contributed by atoms with E-state index >= 15 is 0 Å². The molecule has 12 nitrogen and oxygen atoms in total. The van der Waals surface area contributed by atoms with Crippen LogP contribution in [-0.2, 0) is 0 Å². The van der Waals surface area contributed by atoms with Gasteiger partial charge in [0.15, 0.2) is 11.5 Å². The number of fused-ring (bicyclic) bond motifs is 7. The van der Waals surface area contributed by atoms with E-state index in [1.54, 1.807) is 48.6 Å². The van der Waals surface area contributed by atoms with E-state index in [0.29, 0.717) is 17.8 Å². The van der Waals surface area contributed by atoms with Gasteiger partial charge in [-0.3, -0.25) is 24.9 Å². The highest BCUT2D eigenvalue weighted by Gasteiger charge is 2.08. The minimum absolute atomic E-state index is 0.359. The first-order valence-electron chi connectivity index (χ1n) is 39.0. The van der Waals surface area contributed by atoms with Crippen molar-refractivity contribution in [1.82, 2.24) is 54.8 Å². The monoisotopic (exact) mass is 1460 g/mol. The van der Waals surface area contributed by atoms with Crippen molar-refractivity contribution >= 4 is 87.4 Å². The molecule has 0 aliphatic rings. The van der Waals surface area contributed by atoms with Crippen LogP contribution in [0.4, 0.5) is 0 Å². The number of aromatic amines is 1. The summed E-state index contributed by atoms with van der Waals surface area (Å²) in [5, 5.41) is 4.66. The summed E-state index contributed by atoms with van der Waals surface area (Å²) in [7, 11) is 0. The van der Waals surface area contributed by atoms with Crippen LogP contribution in [0.3, 0.4) is 0 Å². The SMILES string of the molecule is CC.CC.CC.CC.CC.CC.CC.CC(C)C.CC(C)C.CC(C)C.CC(C)C.CC(C)c1nc2ccccc2[nH]1.CC(C)c1nc2ccccc2o1.CC(C)c1nc2ccccc2s1.c1ccc2ncccc2c1.c1ccc2nccnc2c1.c1ccc2ncncc2c1.c1cnc2cnccc2c1. The number of oxazole rings is 1. The van der Waals surface area contributed by atoms with Gasteiger partial charge >= 0.3 is 0 Å². The average molecular weight is 1460 g/mol. The number of H-pyrrole nitrogens is 1. The second-order valence-corrected chi connectivity index (χ2v) is 26.0. The van der Waals surface area contributed by atoms with Gasteiger partial charge in [-0.05, 0) is 103 Å². The maximum atomic E-state index is 5.52. The lowest BCUT2D eigenvalue weighted by Crippen LogP contribution is -1.88. The highest BCUT2D eigenvalue weighted by atomic mass is 32.1. The fraction of sp³-hybridized carbons (Fsp3) is 0.419. The van der Waals surface area contributed by atoms with Crippen LogP contribution in [0.15, 0.2) is 230 Å². The fourth-order valence-electron chi connectivity index (χ4n) is 7.28. The molecule has 0 spiro atoms. The van der Waals surface area contributed by atoms with Crippen LogP contribution in [0.5, 0.6) is 0 Å². The maximum absolute atomic E-state index is 5.52. The van der Waals surface area contributed by atoms with Gasteiger partial charge in [0.05, 0.1) is 60.0 Å². The lowest BCUT2D eigenvalue weighted by molar-refractivity contribution is 0.501. The largest absolute Gasteiger partial charge is 0.440 e. The number of thiazole rings is 1. The summed E-state index contributed by atoms with van der Waals surface area (Å²) in [6.07, 6.45) is 13.9. The molecule has 0 saturated carbocycles. The molecule has 0 fully saturated rings. The van der Waals surface area contributed by atoms with E-state index in [1.165, 1.54) is 15.1 Å². The molecule has 0 aliphatic carbocycles. The lowest BCUT2D eigenvalue weighted by atomic mass is 10.2. The van der Waals surface area contributed by atoms with Gasteiger partial charge in [0.1, 0.15) is 17.7 Å². The van der Waals surface area contributed by atoms with Crippen molar-refractivity contribution in [2.24, 2.45) is 23.7 Å². The van der Waals surface area contributed by atoms with Crippen LogP contribution in [0.25, 0.3) is 76.1 Å². The molecule has 14 aromatic rings. The Morgan fingerprint density at radius 3 is 1.11 bits per heavy atom. The summed E-state index contributed by atoms with van der Waals surface area (Å²) in [6, 6.07) is 57.9. The second-order valence-electron chi connectivity index (χ2n) is 25.0. The van der Waals surface area contributed by atoms with Gasteiger partial charge in [-0.25, -0.2) is 24.9 Å². The van der Waals surface area contributed by atoms with E-state index < -0.39 is 0 Å². The van der Waals surface area contributed by atoms with Crippen molar-refractivity contribution in [3.63, 3.8) is 0 Å². The molecule has 0 bridgehead atoms. The molecule has 6 aromatic carbocycles. The molecule has 0 atom stereocenters. The molecule has 8 aromatic heterocycles. The van der Waals surface area contributed by atoms with E-state index in [2.05, 4.69) is 210 Å². The first-order valence-corrected chi connectivity index (χ1v) is 39.8. The standard InChI is InChI=1S/C10H12N2.C10H11NO.C10H11NS.C9H7N.3C8H6N2.4C4H10.7C2H6/c3*1-7(2)10-11-8-5-3-4-6-9(8)12-10;1-2-6-9-8(4-1)5-3-7-10-9;1-2-7-3-5-9-6-8(7)10-4-1;1-2-4-8-7(3-1)5-9-6-10-8;1-2-4-8-7(3-1)9-5-6-10-8;4*1-4(2)3;7*1-2/h3-7H,1-2H3,(H,11,12);2*3-7H,1-2H3;1-7H;3*1-6H;4*4H,1-3H3;7*1-2H3. The number of hydrogen-bond acceptors (Lipinski definition) is 12. The predicted octanol–water partition coefficient (Wildman–Crippen LogP) is 30.0. The van der Waals surface area contributed by atoms with Gasteiger partial charge in [-0.2, -0.15) is 0 Å². The molecular weight excluding hydrogens is 1320 g/mol. The second kappa shape index (κ2) is 67.7. The van der Waals surface area contributed by atoms with Crippen molar-refractivity contribution < 1.29 is 4.42 Å². The van der Waals surface area contributed by atoms with Gasteiger partial charge < -0.3 is 9.40 Å². The third kappa shape index (κ3) is 48.0. The maximum Gasteiger partial charge on any atom is 0.198 e. The van der Waals surface area contributed by atoms with Crippen LogP contribution in [0, 0.1) is 23.7 Å². The summed E-state index contributed by atoms with van der Waals surface area (Å²) >= 11 is 1.79. The Labute approximate surface area is 648 Å². The highest BCUT2D eigenvalue weighted by molar-refractivity contribution is 7.18. The molecule has 0 radical (unpaired) electrons. The van der Waals surface area contributed by atoms with E-state index in [0.717, 1.165) is 101 Å². The van der Waals surface area contributed by atoms with Crippen molar-refractivity contribution in [1.29, 1.82) is 0 Å². The molecule has 14 rings (SSSR count). The normalized spacial score (nSPS) is 9.35. The van der Waals surface area contributed by atoms with Gasteiger partial charge in [0, 0.05) is 71.1 Å². The molecule has 0 saturated heterocycles. The highest BCUT2D eigenvalue weighted by Crippen LogP contribution is 2.27. The first kappa shape index (κ1) is 103.